The van der Waals surface area contributed by atoms with Gasteiger partial charge in [0.25, 0.3) is 0 Å². The summed E-state index contributed by atoms with van der Waals surface area (Å²) in [6, 6.07) is 16.0. The maximum absolute atomic E-state index is 10.8. The third-order valence-corrected chi connectivity index (χ3v) is 2.46. The van der Waals surface area contributed by atoms with Crippen molar-refractivity contribution < 1.29 is 5.11 Å². The number of para-hydroxylation sites is 2. The Morgan fingerprint density at radius 2 is 1.65 bits per heavy atom. The maximum atomic E-state index is 10.8. The van der Waals surface area contributed by atoms with Crippen LogP contribution in [-0.4, -0.2) is 5.11 Å². The van der Waals surface area contributed by atoms with Gasteiger partial charge in [0.15, 0.2) is 0 Å². The third-order valence-electron chi connectivity index (χ3n) is 2.46. The van der Waals surface area contributed by atoms with Crippen LogP contribution in [0.1, 0.15) is 5.56 Å². The topological polar surface area (TPSA) is 52.9 Å². The van der Waals surface area contributed by atoms with E-state index in [0.717, 1.165) is 0 Å². The molecule has 0 radical (unpaired) electrons. The molecule has 0 fully saturated rings. The summed E-state index contributed by atoms with van der Waals surface area (Å²) in [5.74, 6) is 0.164. The minimum Gasteiger partial charge on any atom is -0.508 e. The summed E-state index contributed by atoms with van der Waals surface area (Å²) < 4.78 is 0. The average Bonchev–Trinajstić information content (AvgIpc) is 2.39. The van der Waals surface area contributed by atoms with Crippen LogP contribution in [0.15, 0.2) is 59.9 Å². The molecule has 0 saturated carbocycles. The number of phenols is 1. The van der Waals surface area contributed by atoms with E-state index in [1.54, 1.807) is 30.3 Å². The van der Waals surface area contributed by atoms with Crippen LogP contribution in [0.4, 0.5) is 5.69 Å². The number of nitrogens with zero attached hydrogens (tertiary/aromatic N) is 2. The van der Waals surface area contributed by atoms with E-state index in [4.69, 9.17) is 0 Å². The molecule has 0 aliphatic carbocycles. The Labute approximate surface area is 99.1 Å². The molecule has 0 aliphatic rings. The summed E-state index contributed by atoms with van der Waals surface area (Å²) in [7, 11) is 0. The van der Waals surface area contributed by atoms with Crippen LogP contribution in [0.5, 0.6) is 5.75 Å². The molecule has 2 rings (SSSR count). The van der Waals surface area contributed by atoms with Crippen LogP contribution < -0.4 is 5.01 Å². The lowest BCUT2D eigenvalue weighted by Crippen LogP contribution is -2.14. The largest absolute Gasteiger partial charge is 0.508 e. The highest BCUT2D eigenvalue weighted by atomic mass is 16.3. The lowest BCUT2D eigenvalue weighted by Gasteiger charge is -2.15. The van der Waals surface area contributed by atoms with Gasteiger partial charge >= 0.3 is 0 Å². The number of hydrogen-bond donors (Lipinski definition) is 1. The van der Waals surface area contributed by atoms with Gasteiger partial charge in [-0.2, -0.15) is 0 Å². The van der Waals surface area contributed by atoms with Crippen molar-refractivity contribution in [2.45, 2.75) is 6.54 Å². The molecule has 17 heavy (non-hydrogen) atoms. The van der Waals surface area contributed by atoms with Crippen LogP contribution >= 0.6 is 0 Å². The van der Waals surface area contributed by atoms with E-state index in [-0.39, 0.29) is 12.3 Å². The molecule has 0 spiro atoms. The second kappa shape index (κ2) is 5.12. The molecule has 0 aliphatic heterocycles. The van der Waals surface area contributed by atoms with Crippen LogP contribution in [-0.2, 0) is 6.54 Å². The number of anilines is 1. The van der Waals surface area contributed by atoms with E-state index in [1.807, 2.05) is 24.3 Å². The predicted octanol–water partition coefficient (Wildman–Crippen LogP) is 3.08. The van der Waals surface area contributed by atoms with E-state index < -0.39 is 0 Å². The molecule has 0 aromatic heterocycles. The zero-order chi connectivity index (χ0) is 12.1. The molecule has 0 heterocycles. The first-order chi connectivity index (χ1) is 8.31. The van der Waals surface area contributed by atoms with Crippen LogP contribution in [0.3, 0.4) is 0 Å². The highest BCUT2D eigenvalue weighted by molar-refractivity contribution is 5.46. The molecule has 4 nitrogen and oxygen atoms in total. The molecule has 0 amide bonds. The van der Waals surface area contributed by atoms with Crippen molar-refractivity contribution in [1.29, 1.82) is 0 Å². The van der Waals surface area contributed by atoms with Crippen molar-refractivity contribution in [3.63, 3.8) is 0 Å². The monoisotopic (exact) mass is 228 g/mol. The van der Waals surface area contributed by atoms with Crippen molar-refractivity contribution in [3.8, 4) is 5.75 Å². The zero-order valence-electron chi connectivity index (χ0n) is 9.15. The highest BCUT2D eigenvalue weighted by Gasteiger charge is 2.09. The Balaban J connectivity index is 2.22. The Hall–Kier alpha value is -2.36. The molecule has 0 atom stereocenters. The number of aromatic hydroxyl groups is 1. The predicted molar refractivity (Wildman–Crippen MR) is 66.5 cm³/mol. The Kier molecular flexibility index (Phi) is 3.35. The maximum Gasteiger partial charge on any atom is 0.120 e. The summed E-state index contributed by atoms with van der Waals surface area (Å²) in [6.45, 7) is 0.250. The minimum absolute atomic E-state index is 0.164. The normalized spacial score (nSPS) is 9.88. The van der Waals surface area contributed by atoms with Gasteiger partial charge in [0.1, 0.15) is 5.75 Å². The Bertz CT molecular complexity index is 500. The second-order valence-electron chi connectivity index (χ2n) is 3.60. The lowest BCUT2D eigenvalue weighted by atomic mass is 10.2. The van der Waals surface area contributed by atoms with Crippen molar-refractivity contribution >= 4 is 5.69 Å². The van der Waals surface area contributed by atoms with E-state index in [0.29, 0.717) is 11.3 Å². The Morgan fingerprint density at radius 3 is 2.29 bits per heavy atom. The fourth-order valence-electron chi connectivity index (χ4n) is 1.57. The molecule has 1 N–H and O–H groups in total. The lowest BCUT2D eigenvalue weighted by molar-refractivity contribution is 0.467. The fraction of sp³-hybridized carbons (Fsp3) is 0.0769. The van der Waals surface area contributed by atoms with Crippen molar-refractivity contribution in [3.05, 3.63) is 65.1 Å². The van der Waals surface area contributed by atoms with Gasteiger partial charge in [-0.3, -0.25) is 0 Å². The van der Waals surface area contributed by atoms with E-state index in [9.17, 15) is 10.0 Å². The van der Waals surface area contributed by atoms with Crippen LogP contribution in [0.25, 0.3) is 0 Å². The molecule has 0 bridgehead atoms. The van der Waals surface area contributed by atoms with Gasteiger partial charge in [-0.05, 0) is 18.2 Å². The summed E-state index contributed by atoms with van der Waals surface area (Å²) >= 11 is 0. The number of benzene rings is 2. The quantitative estimate of drug-likeness (QED) is 0.646. The molecule has 4 heteroatoms. The number of phenolic OH excluding ortho intramolecular Hbond substituents is 1. The highest BCUT2D eigenvalue weighted by Crippen LogP contribution is 2.22. The van der Waals surface area contributed by atoms with E-state index >= 15 is 0 Å². The number of rotatable bonds is 4. The van der Waals surface area contributed by atoms with Gasteiger partial charge in [0.05, 0.1) is 17.5 Å². The van der Waals surface area contributed by atoms with Gasteiger partial charge in [0, 0.05) is 5.56 Å². The average molecular weight is 228 g/mol. The number of hydrogen-bond acceptors (Lipinski definition) is 3. The van der Waals surface area contributed by atoms with Gasteiger partial charge in [-0.1, -0.05) is 36.4 Å². The molecular weight excluding hydrogens is 216 g/mol. The van der Waals surface area contributed by atoms with Gasteiger partial charge in [-0.15, -0.1) is 4.91 Å². The molecule has 0 unspecified atom stereocenters. The molecule has 2 aromatic carbocycles. The van der Waals surface area contributed by atoms with Gasteiger partial charge < -0.3 is 5.11 Å². The fourth-order valence-corrected chi connectivity index (χ4v) is 1.57. The summed E-state index contributed by atoms with van der Waals surface area (Å²) in [5.41, 5.74) is 1.36. The first kappa shape index (κ1) is 11.1. The van der Waals surface area contributed by atoms with Crippen molar-refractivity contribution in [1.82, 2.24) is 0 Å². The molecule has 0 saturated heterocycles. The smallest absolute Gasteiger partial charge is 0.120 e. The molecule has 2 aromatic rings. The summed E-state index contributed by atoms with van der Waals surface area (Å²) in [4.78, 5) is 10.8. The van der Waals surface area contributed by atoms with E-state index in [1.165, 1.54) is 5.01 Å². The van der Waals surface area contributed by atoms with Gasteiger partial charge in [0.2, 0.25) is 0 Å². The van der Waals surface area contributed by atoms with Gasteiger partial charge in [-0.25, -0.2) is 5.01 Å². The first-order valence-electron chi connectivity index (χ1n) is 5.24. The third kappa shape index (κ3) is 2.60. The van der Waals surface area contributed by atoms with E-state index in [2.05, 4.69) is 5.29 Å². The molecule has 86 valence electrons. The van der Waals surface area contributed by atoms with Crippen molar-refractivity contribution in [2.75, 3.05) is 5.01 Å². The van der Waals surface area contributed by atoms with Crippen LogP contribution in [0, 0.1) is 4.91 Å². The minimum atomic E-state index is 0.164. The first-order valence-corrected chi connectivity index (χ1v) is 5.24. The van der Waals surface area contributed by atoms with Crippen molar-refractivity contribution in [2.24, 2.45) is 5.29 Å². The number of nitroso groups, excluding NO2 is 1. The Morgan fingerprint density at radius 1 is 1.00 bits per heavy atom. The zero-order valence-corrected chi connectivity index (χ0v) is 9.15. The second-order valence-corrected chi connectivity index (χ2v) is 3.60. The standard InChI is InChI=1S/C13H12N2O2/c16-13-9-5-4-6-11(13)10-15(14-17)12-7-2-1-3-8-12/h1-9,16H,10H2. The van der Waals surface area contributed by atoms with Crippen LogP contribution in [0.2, 0.25) is 0 Å². The SMILES string of the molecule is O=NN(Cc1ccccc1O)c1ccccc1. The molecular formula is C13H12N2O2. The summed E-state index contributed by atoms with van der Waals surface area (Å²) in [6.07, 6.45) is 0. The summed E-state index contributed by atoms with van der Waals surface area (Å²) in [5, 5.41) is 13.9.